The Balaban J connectivity index is 0.00000208. The van der Waals surface area contributed by atoms with Crippen molar-refractivity contribution in [2.45, 2.75) is 44.4 Å². The summed E-state index contributed by atoms with van der Waals surface area (Å²) in [5, 5.41) is 8.03. The van der Waals surface area contributed by atoms with Gasteiger partial charge in [0.25, 0.3) is 0 Å². The summed E-state index contributed by atoms with van der Waals surface area (Å²) in [5.74, 6) is 1.49. The molecule has 1 saturated heterocycles. The van der Waals surface area contributed by atoms with Gasteiger partial charge in [0.15, 0.2) is 0 Å². The van der Waals surface area contributed by atoms with Crippen molar-refractivity contribution in [2.75, 3.05) is 26.3 Å². The van der Waals surface area contributed by atoms with Crippen molar-refractivity contribution >= 4 is 24.0 Å². The lowest BCUT2D eigenvalue weighted by molar-refractivity contribution is 0.0518. The molecule has 1 aliphatic carbocycles. The monoisotopic (exact) mass is 374 g/mol. The molecule has 2 N–H and O–H groups in total. The van der Waals surface area contributed by atoms with Crippen molar-refractivity contribution in [3.05, 3.63) is 29.3 Å². The first-order chi connectivity index (χ1) is 11.2. The molecular formula is C18H28Cl2N2O2. The zero-order valence-electron chi connectivity index (χ0n) is 14.2. The molecule has 24 heavy (non-hydrogen) atoms. The van der Waals surface area contributed by atoms with Crippen molar-refractivity contribution in [3.8, 4) is 5.75 Å². The van der Waals surface area contributed by atoms with Gasteiger partial charge in [0.2, 0.25) is 0 Å². The number of halogens is 2. The third-order valence-corrected chi connectivity index (χ3v) is 5.07. The summed E-state index contributed by atoms with van der Waals surface area (Å²) in [6.45, 7) is 5.60. The Morgan fingerprint density at radius 2 is 2.29 bits per heavy atom. The van der Waals surface area contributed by atoms with E-state index in [-0.39, 0.29) is 18.5 Å². The molecule has 0 amide bonds. The standard InChI is InChI=1S/C18H27ClN2O2.ClH/c1-13(23-15-5-2-4-14(19)10-15)11-21-17-7-3-6-16(17)18-12-22-9-8-20-18;/h2,4-5,10,13,16-18,20-21H,3,6-9,11-12H2,1H3;1H. The molecule has 4 nitrogen and oxygen atoms in total. The van der Waals surface area contributed by atoms with Crippen LogP contribution in [0.1, 0.15) is 26.2 Å². The largest absolute Gasteiger partial charge is 0.489 e. The van der Waals surface area contributed by atoms with Crippen molar-refractivity contribution in [3.63, 3.8) is 0 Å². The molecule has 1 aromatic carbocycles. The van der Waals surface area contributed by atoms with E-state index < -0.39 is 0 Å². The third kappa shape index (κ3) is 5.50. The first kappa shape index (κ1) is 19.8. The highest BCUT2D eigenvalue weighted by atomic mass is 35.5. The summed E-state index contributed by atoms with van der Waals surface area (Å²) < 4.78 is 11.6. The van der Waals surface area contributed by atoms with Crippen LogP contribution in [-0.4, -0.2) is 44.5 Å². The fourth-order valence-electron chi connectivity index (χ4n) is 3.72. The first-order valence-electron chi connectivity index (χ1n) is 8.69. The highest BCUT2D eigenvalue weighted by Crippen LogP contribution is 2.29. The Kier molecular flexibility index (Phi) is 8.11. The number of benzene rings is 1. The van der Waals surface area contributed by atoms with Crippen LogP contribution in [0.4, 0.5) is 0 Å². The first-order valence-corrected chi connectivity index (χ1v) is 9.07. The van der Waals surface area contributed by atoms with Crippen LogP contribution < -0.4 is 15.4 Å². The average Bonchev–Trinajstić information content (AvgIpc) is 3.02. The zero-order valence-corrected chi connectivity index (χ0v) is 15.7. The summed E-state index contributed by atoms with van der Waals surface area (Å²) in [6, 6.07) is 8.63. The van der Waals surface area contributed by atoms with Crippen LogP contribution in [-0.2, 0) is 4.74 Å². The Hall–Kier alpha value is -0.520. The second-order valence-electron chi connectivity index (χ2n) is 6.63. The Morgan fingerprint density at radius 3 is 3.04 bits per heavy atom. The van der Waals surface area contributed by atoms with Gasteiger partial charge in [-0.3, -0.25) is 0 Å². The molecule has 1 aromatic rings. The maximum atomic E-state index is 6.00. The molecule has 136 valence electrons. The minimum atomic E-state index is 0. The van der Waals surface area contributed by atoms with Crippen LogP contribution >= 0.6 is 24.0 Å². The molecule has 0 radical (unpaired) electrons. The molecule has 2 aliphatic rings. The van der Waals surface area contributed by atoms with Crippen LogP contribution in [0, 0.1) is 5.92 Å². The van der Waals surface area contributed by atoms with Gasteiger partial charge in [0, 0.05) is 30.2 Å². The minimum absolute atomic E-state index is 0. The van der Waals surface area contributed by atoms with Gasteiger partial charge in [0.05, 0.1) is 13.2 Å². The molecule has 4 atom stereocenters. The minimum Gasteiger partial charge on any atom is -0.489 e. The summed E-state index contributed by atoms with van der Waals surface area (Å²) >= 11 is 6.00. The number of nitrogens with one attached hydrogen (secondary N) is 2. The van der Waals surface area contributed by atoms with E-state index in [0.717, 1.165) is 32.1 Å². The maximum Gasteiger partial charge on any atom is 0.121 e. The summed E-state index contributed by atoms with van der Waals surface area (Å²) in [6.07, 6.45) is 3.93. The second kappa shape index (κ2) is 9.83. The van der Waals surface area contributed by atoms with Gasteiger partial charge in [0.1, 0.15) is 11.9 Å². The van der Waals surface area contributed by atoms with E-state index in [4.69, 9.17) is 21.1 Å². The van der Waals surface area contributed by atoms with E-state index in [0.29, 0.717) is 23.0 Å². The van der Waals surface area contributed by atoms with Gasteiger partial charge in [-0.2, -0.15) is 0 Å². The molecule has 0 bridgehead atoms. The summed E-state index contributed by atoms with van der Waals surface area (Å²) in [4.78, 5) is 0. The lowest BCUT2D eigenvalue weighted by atomic mass is 9.94. The topological polar surface area (TPSA) is 42.5 Å². The third-order valence-electron chi connectivity index (χ3n) is 4.84. The van der Waals surface area contributed by atoms with Gasteiger partial charge in [-0.15, -0.1) is 12.4 Å². The number of hydrogen-bond donors (Lipinski definition) is 2. The summed E-state index contributed by atoms with van der Waals surface area (Å²) in [7, 11) is 0. The molecule has 2 fully saturated rings. The predicted molar refractivity (Wildman–Crippen MR) is 101 cm³/mol. The van der Waals surface area contributed by atoms with E-state index in [1.54, 1.807) is 0 Å². The van der Waals surface area contributed by atoms with E-state index in [2.05, 4.69) is 17.6 Å². The van der Waals surface area contributed by atoms with E-state index >= 15 is 0 Å². The van der Waals surface area contributed by atoms with Crippen molar-refractivity contribution in [2.24, 2.45) is 5.92 Å². The fraction of sp³-hybridized carbons (Fsp3) is 0.667. The van der Waals surface area contributed by atoms with Gasteiger partial charge >= 0.3 is 0 Å². The van der Waals surface area contributed by atoms with Crippen LogP contribution in [0.3, 0.4) is 0 Å². The maximum absolute atomic E-state index is 6.00. The molecule has 1 saturated carbocycles. The number of ether oxygens (including phenoxy) is 2. The van der Waals surface area contributed by atoms with Gasteiger partial charge < -0.3 is 20.1 Å². The molecule has 0 aromatic heterocycles. The lowest BCUT2D eigenvalue weighted by Gasteiger charge is -2.33. The van der Waals surface area contributed by atoms with Crippen molar-refractivity contribution in [1.82, 2.24) is 10.6 Å². The molecule has 3 rings (SSSR count). The predicted octanol–water partition coefficient (Wildman–Crippen LogP) is 3.28. The molecular weight excluding hydrogens is 347 g/mol. The molecule has 0 spiro atoms. The Bertz CT molecular complexity index is 498. The SMILES string of the molecule is CC(CNC1CCCC1C1COCCN1)Oc1cccc(Cl)c1.Cl. The molecule has 1 aliphatic heterocycles. The van der Waals surface area contributed by atoms with Crippen LogP contribution in [0.2, 0.25) is 5.02 Å². The van der Waals surface area contributed by atoms with E-state index in [1.165, 1.54) is 19.3 Å². The van der Waals surface area contributed by atoms with Crippen molar-refractivity contribution in [1.29, 1.82) is 0 Å². The highest BCUT2D eigenvalue weighted by molar-refractivity contribution is 6.30. The van der Waals surface area contributed by atoms with Crippen LogP contribution in [0.5, 0.6) is 5.75 Å². The highest BCUT2D eigenvalue weighted by Gasteiger charge is 2.34. The number of rotatable bonds is 6. The zero-order chi connectivity index (χ0) is 16.1. The second-order valence-corrected chi connectivity index (χ2v) is 7.07. The number of morpholine rings is 1. The lowest BCUT2D eigenvalue weighted by Crippen LogP contribution is -2.51. The fourth-order valence-corrected chi connectivity index (χ4v) is 3.90. The average molecular weight is 375 g/mol. The smallest absolute Gasteiger partial charge is 0.121 e. The molecule has 6 heteroatoms. The molecule has 4 unspecified atom stereocenters. The van der Waals surface area contributed by atoms with Gasteiger partial charge in [-0.05, 0) is 43.9 Å². The van der Waals surface area contributed by atoms with Crippen LogP contribution in [0.25, 0.3) is 0 Å². The number of hydrogen-bond acceptors (Lipinski definition) is 4. The Morgan fingerprint density at radius 1 is 1.42 bits per heavy atom. The van der Waals surface area contributed by atoms with E-state index in [1.807, 2.05) is 24.3 Å². The quantitative estimate of drug-likeness (QED) is 0.801. The van der Waals surface area contributed by atoms with Gasteiger partial charge in [-0.25, -0.2) is 0 Å². The van der Waals surface area contributed by atoms with Crippen molar-refractivity contribution < 1.29 is 9.47 Å². The normalized spacial score (nSPS) is 28.2. The molecule has 1 heterocycles. The van der Waals surface area contributed by atoms with Gasteiger partial charge in [-0.1, -0.05) is 24.1 Å². The summed E-state index contributed by atoms with van der Waals surface area (Å²) in [5.41, 5.74) is 0. The Labute approximate surface area is 156 Å². The van der Waals surface area contributed by atoms with E-state index in [9.17, 15) is 0 Å². The van der Waals surface area contributed by atoms with Crippen LogP contribution in [0.15, 0.2) is 24.3 Å².